The van der Waals surface area contributed by atoms with Gasteiger partial charge in [0.25, 0.3) is 5.91 Å². The number of fused-ring (bicyclic) bond motifs is 1. The van der Waals surface area contributed by atoms with Crippen molar-refractivity contribution in [2.75, 3.05) is 31.1 Å². The van der Waals surface area contributed by atoms with E-state index in [9.17, 15) is 4.79 Å². The number of aromatic amines is 1. The highest BCUT2D eigenvalue weighted by Crippen LogP contribution is 2.24. The summed E-state index contributed by atoms with van der Waals surface area (Å²) in [6.45, 7) is 5.39. The van der Waals surface area contributed by atoms with Crippen molar-refractivity contribution in [3.05, 3.63) is 46.8 Å². The number of amides is 1. The predicted octanol–water partition coefficient (Wildman–Crippen LogP) is 2.56. The van der Waals surface area contributed by atoms with Gasteiger partial charge in [0.05, 0.1) is 0 Å². The Morgan fingerprint density at radius 3 is 2.71 bits per heavy atom. The summed E-state index contributed by atoms with van der Waals surface area (Å²) in [5.41, 5.74) is 5.51. The smallest absolute Gasteiger partial charge is 0.274 e. The second-order valence-corrected chi connectivity index (χ2v) is 6.85. The molecule has 4 rings (SSSR count). The van der Waals surface area contributed by atoms with Crippen molar-refractivity contribution in [1.82, 2.24) is 15.1 Å². The quantitative estimate of drug-likeness (QED) is 0.924. The molecular weight excluding hydrogens is 300 g/mol. The lowest BCUT2D eigenvalue weighted by molar-refractivity contribution is 0.0739. The van der Waals surface area contributed by atoms with Crippen LogP contribution in [-0.2, 0) is 12.8 Å². The van der Waals surface area contributed by atoms with E-state index in [-0.39, 0.29) is 5.91 Å². The zero-order valence-electron chi connectivity index (χ0n) is 14.2. The molecule has 1 N–H and O–H groups in total. The first-order chi connectivity index (χ1) is 11.7. The van der Waals surface area contributed by atoms with Crippen LogP contribution in [0.1, 0.15) is 40.2 Å². The van der Waals surface area contributed by atoms with E-state index >= 15 is 0 Å². The molecule has 1 aliphatic carbocycles. The monoisotopic (exact) mass is 324 g/mol. The SMILES string of the molecule is Cc1cccc(N2CCN(C(=O)c3n[nH]c4c3CCCC4)CC2)c1. The number of aryl methyl sites for hydroxylation is 2. The van der Waals surface area contributed by atoms with Gasteiger partial charge < -0.3 is 9.80 Å². The van der Waals surface area contributed by atoms with Crippen LogP contribution in [0.5, 0.6) is 0 Å². The third-order valence-electron chi connectivity index (χ3n) is 5.19. The van der Waals surface area contributed by atoms with Gasteiger partial charge in [0.2, 0.25) is 0 Å². The van der Waals surface area contributed by atoms with Gasteiger partial charge in [-0.15, -0.1) is 0 Å². The minimum absolute atomic E-state index is 0.0956. The Kier molecular flexibility index (Phi) is 4.00. The highest BCUT2D eigenvalue weighted by atomic mass is 16.2. The second-order valence-electron chi connectivity index (χ2n) is 6.85. The van der Waals surface area contributed by atoms with Crippen molar-refractivity contribution in [2.45, 2.75) is 32.6 Å². The summed E-state index contributed by atoms with van der Waals surface area (Å²) in [6.07, 6.45) is 4.36. The Morgan fingerprint density at radius 1 is 1.12 bits per heavy atom. The summed E-state index contributed by atoms with van der Waals surface area (Å²) in [7, 11) is 0. The van der Waals surface area contributed by atoms with Crippen LogP contribution >= 0.6 is 0 Å². The fourth-order valence-corrected chi connectivity index (χ4v) is 3.80. The molecular formula is C19H24N4O. The molecule has 0 atom stereocenters. The zero-order chi connectivity index (χ0) is 16.5. The van der Waals surface area contributed by atoms with Gasteiger partial charge in [-0.2, -0.15) is 5.10 Å². The molecule has 0 bridgehead atoms. The average Bonchev–Trinajstić information content (AvgIpc) is 3.05. The van der Waals surface area contributed by atoms with E-state index in [2.05, 4.69) is 46.3 Å². The first-order valence-electron chi connectivity index (χ1n) is 8.89. The molecule has 0 unspecified atom stereocenters. The molecule has 1 aromatic heterocycles. The Balaban J connectivity index is 1.44. The minimum Gasteiger partial charge on any atom is -0.368 e. The van der Waals surface area contributed by atoms with Gasteiger partial charge in [-0.25, -0.2) is 0 Å². The maximum Gasteiger partial charge on any atom is 0.274 e. The predicted molar refractivity (Wildman–Crippen MR) is 94.5 cm³/mol. The lowest BCUT2D eigenvalue weighted by Crippen LogP contribution is -2.49. The average molecular weight is 324 g/mol. The van der Waals surface area contributed by atoms with Gasteiger partial charge in [-0.05, 0) is 50.3 Å². The summed E-state index contributed by atoms with van der Waals surface area (Å²) in [4.78, 5) is 17.2. The van der Waals surface area contributed by atoms with Gasteiger partial charge in [0, 0.05) is 43.1 Å². The van der Waals surface area contributed by atoms with Gasteiger partial charge >= 0.3 is 0 Å². The lowest BCUT2D eigenvalue weighted by Gasteiger charge is -2.36. The van der Waals surface area contributed by atoms with Gasteiger partial charge in [-0.1, -0.05) is 12.1 Å². The molecule has 5 heteroatoms. The number of aromatic nitrogens is 2. The number of nitrogens with zero attached hydrogens (tertiary/aromatic N) is 3. The molecule has 2 aromatic rings. The van der Waals surface area contributed by atoms with Crippen LogP contribution in [0.2, 0.25) is 0 Å². The lowest BCUT2D eigenvalue weighted by atomic mass is 9.95. The number of piperazine rings is 1. The molecule has 1 saturated heterocycles. The van der Waals surface area contributed by atoms with Gasteiger partial charge in [-0.3, -0.25) is 9.89 Å². The molecule has 0 spiro atoms. The van der Waals surface area contributed by atoms with Crippen molar-refractivity contribution in [2.24, 2.45) is 0 Å². The van der Waals surface area contributed by atoms with E-state index in [0.29, 0.717) is 5.69 Å². The molecule has 5 nitrogen and oxygen atoms in total. The molecule has 24 heavy (non-hydrogen) atoms. The van der Waals surface area contributed by atoms with Crippen molar-refractivity contribution in [3.8, 4) is 0 Å². The summed E-state index contributed by atoms with van der Waals surface area (Å²) in [5.74, 6) is 0.0956. The van der Waals surface area contributed by atoms with Crippen molar-refractivity contribution < 1.29 is 4.79 Å². The Morgan fingerprint density at radius 2 is 1.92 bits per heavy atom. The van der Waals surface area contributed by atoms with Crippen LogP contribution in [0.25, 0.3) is 0 Å². The largest absolute Gasteiger partial charge is 0.368 e. The van der Waals surface area contributed by atoms with E-state index in [1.807, 2.05) is 4.90 Å². The fraction of sp³-hybridized carbons (Fsp3) is 0.474. The molecule has 1 fully saturated rings. The zero-order valence-corrected chi connectivity index (χ0v) is 14.2. The number of hydrogen-bond acceptors (Lipinski definition) is 3. The van der Waals surface area contributed by atoms with E-state index in [4.69, 9.17) is 0 Å². The number of anilines is 1. The summed E-state index contributed by atoms with van der Waals surface area (Å²) in [6, 6.07) is 8.57. The van der Waals surface area contributed by atoms with E-state index in [0.717, 1.165) is 51.0 Å². The van der Waals surface area contributed by atoms with E-state index < -0.39 is 0 Å². The molecule has 1 aliphatic heterocycles. The fourth-order valence-electron chi connectivity index (χ4n) is 3.80. The first kappa shape index (κ1) is 15.2. The summed E-state index contributed by atoms with van der Waals surface area (Å²) >= 11 is 0. The maximum absolute atomic E-state index is 12.9. The van der Waals surface area contributed by atoms with Crippen molar-refractivity contribution in [3.63, 3.8) is 0 Å². The normalized spacial score (nSPS) is 17.7. The minimum atomic E-state index is 0.0956. The van der Waals surface area contributed by atoms with Crippen LogP contribution < -0.4 is 4.90 Å². The topological polar surface area (TPSA) is 52.2 Å². The van der Waals surface area contributed by atoms with Crippen molar-refractivity contribution >= 4 is 11.6 Å². The first-order valence-corrected chi connectivity index (χ1v) is 8.89. The Hall–Kier alpha value is -2.30. The molecule has 1 amide bonds. The summed E-state index contributed by atoms with van der Waals surface area (Å²) < 4.78 is 0. The number of hydrogen-bond donors (Lipinski definition) is 1. The molecule has 2 heterocycles. The number of nitrogens with one attached hydrogen (secondary N) is 1. The van der Waals surface area contributed by atoms with Gasteiger partial charge in [0.1, 0.15) is 0 Å². The summed E-state index contributed by atoms with van der Waals surface area (Å²) in [5, 5.41) is 7.41. The molecule has 126 valence electrons. The van der Waals surface area contributed by atoms with Crippen LogP contribution in [-0.4, -0.2) is 47.2 Å². The number of rotatable bonds is 2. The number of carbonyl (C=O) groups excluding carboxylic acids is 1. The van der Waals surface area contributed by atoms with Crippen LogP contribution in [0.4, 0.5) is 5.69 Å². The standard InChI is InChI=1S/C19H24N4O/c1-14-5-4-6-15(13-14)22-9-11-23(12-10-22)19(24)18-16-7-2-3-8-17(16)20-21-18/h4-6,13H,2-3,7-12H2,1H3,(H,20,21). The molecule has 1 aromatic carbocycles. The van der Waals surface area contributed by atoms with E-state index in [1.54, 1.807) is 0 Å². The second kappa shape index (κ2) is 6.30. The Bertz CT molecular complexity index is 744. The highest BCUT2D eigenvalue weighted by molar-refractivity contribution is 5.94. The highest BCUT2D eigenvalue weighted by Gasteiger charge is 2.28. The molecule has 0 saturated carbocycles. The number of carbonyl (C=O) groups is 1. The maximum atomic E-state index is 12.9. The third kappa shape index (κ3) is 2.79. The van der Waals surface area contributed by atoms with Crippen LogP contribution in [0, 0.1) is 6.92 Å². The number of H-pyrrole nitrogens is 1. The molecule has 0 radical (unpaired) electrons. The van der Waals surface area contributed by atoms with E-state index in [1.165, 1.54) is 23.4 Å². The van der Waals surface area contributed by atoms with Crippen LogP contribution in [0.15, 0.2) is 24.3 Å². The van der Waals surface area contributed by atoms with Crippen LogP contribution in [0.3, 0.4) is 0 Å². The van der Waals surface area contributed by atoms with Crippen molar-refractivity contribution in [1.29, 1.82) is 0 Å². The van der Waals surface area contributed by atoms with Gasteiger partial charge in [0.15, 0.2) is 5.69 Å². The molecule has 2 aliphatic rings. The number of benzene rings is 1. The Labute approximate surface area is 142 Å². The third-order valence-corrected chi connectivity index (χ3v) is 5.19.